The molecule has 6 nitrogen and oxygen atoms in total. The SMILES string of the molecule is N#Cc1ccccc1-c1cc(-c2ccc(-n3c4ccccc4c4c5oc6ccccc6c5ccc43)cc2-n2c3ccccc3c3c4oc5ccccc5c4ccc32)ccc1C#N. The van der Waals surface area contributed by atoms with Crippen LogP contribution in [-0.2, 0) is 0 Å². The van der Waals surface area contributed by atoms with E-state index in [1.54, 1.807) is 6.07 Å². The van der Waals surface area contributed by atoms with Gasteiger partial charge in [-0.05, 0) is 84.4 Å². The Balaban J connectivity index is 1.15. The molecule has 13 aromatic rings. The fourth-order valence-electron chi connectivity index (χ4n) is 9.94. The van der Waals surface area contributed by atoms with Gasteiger partial charge in [-0.2, -0.15) is 10.5 Å². The maximum atomic E-state index is 10.4. The third kappa shape index (κ3) is 4.66. The number of hydrogen-bond acceptors (Lipinski definition) is 4. The maximum Gasteiger partial charge on any atom is 0.145 e. The highest BCUT2D eigenvalue weighted by atomic mass is 16.3. The van der Waals surface area contributed by atoms with Crippen molar-refractivity contribution in [3.05, 3.63) is 193 Å². The first-order valence-electron chi connectivity index (χ1n) is 20.5. The zero-order valence-corrected chi connectivity index (χ0v) is 32.9. The van der Waals surface area contributed by atoms with Gasteiger partial charge in [0.05, 0.1) is 61.8 Å². The second kappa shape index (κ2) is 12.8. The van der Waals surface area contributed by atoms with Gasteiger partial charge in [0.25, 0.3) is 0 Å². The van der Waals surface area contributed by atoms with E-state index in [2.05, 4.69) is 143 Å². The number of nitrogens with zero attached hydrogens (tertiary/aromatic N) is 4. The summed E-state index contributed by atoms with van der Waals surface area (Å²) in [6, 6.07) is 67.0. The molecule has 4 aromatic heterocycles. The van der Waals surface area contributed by atoms with Gasteiger partial charge in [-0.1, -0.05) is 103 Å². The quantitative estimate of drug-likeness (QED) is 0.178. The third-order valence-corrected chi connectivity index (χ3v) is 12.6. The zero-order valence-electron chi connectivity index (χ0n) is 32.9. The number of hydrogen-bond donors (Lipinski definition) is 0. The average Bonchev–Trinajstić information content (AvgIpc) is 4.08. The molecule has 62 heavy (non-hydrogen) atoms. The van der Waals surface area contributed by atoms with Crippen LogP contribution < -0.4 is 0 Å². The Morgan fingerprint density at radius 3 is 1.55 bits per heavy atom. The van der Waals surface area contributed by atoms with Gasteiger partial charge in [0.2, 0.25) is 0 Å². The predicted molar refractivity (Wildman–Crippen MR) is 250 cm³/mol. The Morgan fingerprint density at radius 1 is 0.371 bits per heavy atom. The molecule has 6 heteroatoms. The van der Waals surface area contributed by atoms with Crippen LogP contribution in [0.4, 0.5) is 0 Å². The average molecular weight is 791 g/mol. The largest absolute Gasteiger partial charge is 0.455 e. The van der Waals surface area contributed by atoms with Gasteiger partial charge in [0.15, 0.2) is 0 Å². The van der Waals surface area contributed by atoms with Crippen LogP contribution >= 0.6 is 0 Å². The molecule has 0 aliphatic rings. The highest BCUT2D eigenvalue weighted by Crippen LogP contribution is 2.45. The molecule has 0 bridgehead atoms. The molecule has 0 atom stereocenters. The number of furan rings is 2. The lowest BCUT2D eigenvalue weighted by atomic mass is 9.92. The van der Waals surface area contributed by atoms with Crippen LogP contribution in [0.25, 0.3) is 121 Å². The number of aromatic nitrogens is 2. The molecule has 0 spiro atoms. The normalized spacial score (nSPS) is 11.8. The molecule has 9 aromatic carbocycles. The summed E-state index contributed by atoms with van der Waals surface area (Å²) in [6.07, 6.45) is 0. The third-order valence-electron chi connectivity index (χ3n) is 12.6. The monoisotopic (exact) mass is 790 g/mol. The van der Waals surface area contributed by atoms with Gasteiger partial charge in [-0.25, -0.2) is 0 Å². The lowest BCUT2D eigenvalue weighted by Gasteiger charge is -2.18. The van der Waals surface area contributed by atoms with E-state index in [0.29, 0.717) is 16.7 Å². The van der Waals surface area contributed by atoms with E-state index in [-0.39, 0.29) is 0 Å². The van der Waals surface area contributed by atoms with Crippen molar-refractivity contribution in [2.45, 2.75) is 0 Å². The van der Waals surface area contributed by atoms with E-state index >= 15 is 0 Å². The van der Waals surface area contributed by atoms with E-state index in [4.69, 9.17) is 8.83 Å². The standard InChI is InChI=1S/C56H30N4O2/c57-31-34-11-1-2-12-37(34)45-29-33(21-22-35(45)32-58)38-24-23-36(59-46-17-7-3-15-43(46)53-48(59)27-25-41-39-13-5-9-19-51(39)61-55(41)53)30-50(38)60-47-18-8-4-16-44(47)54-49(60)28-26-42-40-14-6-10-20-52(40)62-56(42)54/h1-30H. The van der Waals surface area contributed by atoms with Crippen LogP contribution in [-0.4, -0.2) is 9.13 Å². The Labute approximate surface area is 353 Å². The summed E-state index contributed by atoms with van der Waals surface area (Å²) in [6.45, 7) is 0. The molecular weight excluding hydrogens is 761 g/mol. The fourth-order valence-corrected chi connectivity index (χ4v) is 9.94. The molecule has 0 saturated carbocycles. The van der Waals surface area contributed by atoms with E-state index < -0.39 is 0 Å². The second-order valence-corrected chi connectivity index (χ2v) is 15.8. The van der Waals surface area contributed by atoms with Crippen molar-refractivity contribution in [2.24, 2.45) is 0 Å². The first kappa shape index (κ1) is 34.1. The summed E-state index contributed by atoms with van der Waals surface area (Å²) in [7, 11) is 0. The molecule has 0 radical (unpaired) electrons. The van der Waals surface area contributed by atoms with Crippen molar-refractivity contribution in [1.29, 1.82) is 10.5 Å². The minimum atomic E-state index is 0.501. The topological polar surface area (TPSA) is 83.7 Å². The van der Waals surface area contributed by atoms with Gasteiger partial charge in [0.1, 0.15) is 22.3 Å². The molecule has 13 rings (SSSR count). The Kier molecular flexibility index (Phi) is 7.05. The number of nitriles is 2. The maximum absolute atomic E-state index is 10.4. The van der Waals surface area contributed by atoms with E-state index in [1.165, 1.54) is 0 Å². The molecule has 0 unspecified atom stereocenters. The first-order valence-corrected chi connectivity index (χ1v) is 20.5. The highest BCUT2D eigenvalue weighted by molar-refractivity contribution is 6.25. The highest BCUT2D eigenvalue weighted by Gasteiger charge is 2.24. The van der Waals surface area contributed by atoms with Gasteiger partial charge in [-0.3, -0.25) is 0 Å². The molecule has 286 valence electrons. The van der Waals surface area contributed by atoms with Crippen LogP contribution in [0.2, 0.25) is 0 Å². The van der Waals surface area contributed by atoms with Gasteiger partial charge >= 0.3 is 0 Å². The van der Waals surface area contributed by atoms with E-state index in [0.717, 1.165) is 116 Å². The molecule has 0 aliphatic carbocycles. The van der Waals surface area contributed by atoms with Crippen LogP contribution in [0.1, 0.15) is 11.1 Å². The summed E-state index contributed by atoms with van der Waals surface area (Å²) in [4.78, 5) is 0. The molecule has 4 heterocycles. The minimum absolute atomic E-state index is 0.501. The van der Waals surface area contributed by atoms with Crippen LogP contribution in [0, 0.1) is 22.7 Å². The number of fused-ring (bicyclic) bond motifs is 14. The van der Waals surface area contributed by atoms with Crippen LogP contribution in [0.5, 0.6) is 0 Å². The first-order chi connectivity index (χ1) is 30.7. The summed E-state index contributed by atoms with van der Waals surface area (Å²) in [5.74, 6) is 0. The van der Waals surface area contributed by atoms with Crippen molar-refractivity contribution in [3.8, 4) is 45.8 Å². The zero-order chi connectivity index (χ0) is 41.1. The Hall–Kier alpha value is -8.84. The molecule has 0 amide bonds. The molecule has 0 fully saturated rings. The number of benzene rings is 9. The van der Waals surface area contributed by atoms with Gasteiger partial charge in [0, 0.05) is 54.7 Å². The van der Waals surface area contributed by atoms with E-state index in [9.17, 15) is 10.5 Å². The van der Waals surface area contributed by atoms with Crippen molar-refractivity contribution >= 4 is 87.5 Å². The molecular formula is C56H30N4O2. The minimum Gasteiger partial charge on any atom is -0.455 e. The smallest absolute Gasteiger partial charge is 0.145 e. The number of rotatable bonds is 4. The summed E-state index contributed by atoms with van der Waals surface area (Å²) < 4.78 is 18.0. The molecule has 0 N–H and O–H groups in total. The van der Waals surface area contributed by atoms with Gasteiger partial charge < -0.3 is 18.0 Å². The Morgan fingerprint density at radius 2 is 0.903 bits per heavy atom. The van der Waals surface area contributed by atoms with Crippen molar-refractivity contribution in [1.82, 2.24) is 9.13 Å². The molecule has 0 aliphatic heterocycles. The van der Waals surface area contributed by atoms with Crippen molar-refractivity contribution < 1.29 is 8.83 Å². The van der Waals surface area contributed by atoms with Crippen molar-refractivity contribution in [3.63, 3.8) is 0 Å². The summed E-state index contributed by atoms with van der Waals surface area (Å²) >= 11 is 0. The van der Waals surface area contributed by atoms with Crippen LogP contribution in [0.3, 0.4) is 0 Å². The lowest BCUT2D eigenvalue weighted by Crippen LogP contribution is -2.01. The van der Waals surface area contributed by atoms with Crippen LogP contribution in [0.15, 0.2) is 191 Å². The van der Waals surface area contributed by atoms with Gasteiger partial charge in [-0.15, -0.1) is 0 Å². The van der Waals surface area contributed by atoms with Crippen molar-refractivity contribution in [2.75, 3.05) is 0 Å². The summed E-state index contributed by atoms with van der Waals surface area (Å²) in [5.41, 5.74) is 13.8. The lowest BCUT2D eigenvalue weighted by molar-refractivity contribution is 0.672. The Bertz CT molecular complexity index is 4140. The molecule has 0 saturated heterocycles. The van der Waals surface area contributed by atoms with E-state index in [1.807, 2.05) is 54.6 Å². The predicted octanol–water partition coefficient (Wildman–Crippen LogP) is 14.8. The number of para-hydroxylation sites is 4. The summed E-state index contributed by atoms with van der Waals surface area (Å²) in [5, 5.41) is 29.1. The second-order valence-electron chi connectivity index (χ2n) is 15.8. The fraction of sp³-hybridized carbons (Fsp3) is 0.